The number of aliphatic carboxylic acids is 1. The summed E-state index contributed by atoms with van der Waals surface area (Å²) in [5.74, 6) is 0.111. The van der Waals surface area contributed by atoms with Gasteiger partial charge in [0.05, 0.1) is 0 Å². The first-order valence-corrected chi connectivity index (χ1v) is 6.29. The fraction of sp³-hybridized carbons (Fsp3) is 0.917. The molecule has 2 N–H and O–H groups in total. The molecule has 1 rings (SSSR count). The minimum atomic E-state index is -0.748. The summed E-state index contributed by atoms with van der Waals surface area (Å²) in [4.78, 5) is 13.2. The zero-order chi connectivity index (χ0) is 12.0. The van der Waals surface area contributed by atoms with E-state index in [9.17, 15) is 4.79 Å². The maximum absolute atomic E-state index is 10.8. The second kappa shape index (κ2) is 6.86. The lowest BCUT2D eigenvalue weighted by molar-refractivity contribution is -0.139. The molecule has 0 saturated heterocycles. The number of nitrogens with one attached hydrogen (secondary N) is 1. The standard InChI is InChI=1S/C12H24N2O2/c1-3-14(9-10-5-4-6-10)8-7-11(13-2)12(15)16/h10-11,13H,3-9H2,1-2H3,(H,15,16). The van der Waals surface area contributed by atoms with Crippen molar-refractivity contribution in [3.8, 4) is 0 Å². The summed E-state index contributed by atoms with van der Waals surface area (Å²) in [5, 5.41) is 11.8. The summed E-state index contributed by atoms with van der Waals surface area (Å²) in [7, 11) is 1.71. The lowest BCUT2D eigenvalue weighted by Gasteiger charge is -2.32. The van der Waals surface area contributed by atoms with Gasteiger partial charge in [-0.2, -0.15) is 0 Å². The van der Waals surface area contributed by atoms with Crippen molar-refractivity contribution >= 4 is 5.97 Å². The minimum absolute atomic E-state index is 0.407. The van der Waals surface area contributed by atoms with Gasteiger partial charge in [-0.25, -0.2) is 0 Å². The summed E-state index contributed by atoms with van der Waals surface area (Å²) in [6.07, 6.45) is 4.76. The van der Waals surface area contributed by atoms with Crippen LogP contribution in [0.25, 0.3) is 0 Å². The molecule has 0 heterocycles. The molecule has 1 fully saturated rings. The van der Waals surface area contributed by atoms with Crippen molar-refractivity contribution in [2.45, 2.75) is 38.6 Å². The Morgan fingerprint density at radius 1 is 1.56 bits per heavy atom. The zero-order valence-electron chi connectivity index (χ0n) is 10.4. The molecule has 0 aromatic carbocycles. The van der Waals surface area contributed by atoms with E-state index in [1.807, 2.05) is 0 Å². The summed E-state index contributed by atoms with van der Waals surface area (Å²) in [6, 6.07) is -0.407. The molecule has 1 saturated carbocycles. The zero-order valence-corrected chi connectivity index (χ0v) is 10.4. The molecule has 4 nitrogen and oxygen atoms in total. The first-order chi connectivity index (χ1) is 7.67. The van der Waals surface area contributed by atoms with Crippen molar-refractivity contribution in [3.05, 3.63) is 0 Å². The predicted molar refractivity (Wildman–Crippen MR) is 64.6 cm³/mol. The highest BCUT2D eigenvalue weighted by Gasteiger charge is 2.21. The summed E-state index contributed by atoms with van der Waals surface area (Å²) in [5.41, 5.74) is 0. The van der Waals surface area contributed by atoms with Gasteiger partial charge in [0.2, 0.25) is 0 Å². The van der Waals surface area contributed by atoms with Crippen molar-refractivity contribution in [1.29, 1.82) is 0 Å². The lowest BCUT2D eigenvalue weighted by Crippen LogP contribution is -2.39. The van der Waals surface area contributed by atoms with Gasteiger partial charge < -0.3 is 15.3 Å². The van der Waals surface area contributed by atoms with E-state index in [2.05, 4.69) is 17.1 Å². The molecule has 94 valence electrons. The van der Waals surface area contributed by atoms with Crippen LogP contribution in [0.5, 0.6) is 0 Å². The Morgan fingerprint density at radius 3 is 2.62 bits per heavy atom. The number of carboxylic acids is 1. The Bertz CT molecular complexity index is 217. The molecule has 4 heteroatoms. The topological polar surface area (TPSA) is 52.6 Å². The van der Waals surface area contributed by atoms with Crippen LogP contribution in [0.4, 0.5) is 0 Å². The van der Waals surface area contributed by atoms with Crippen molar-refractivity contribution in [3.63, 3.8) is 0 Å². The van der Waals surface area contributed by atoms with Gasteiger partial charge >= 0.3 is 5.97 Å². The highest BCUT2D eigenvalue weighted by atomic mass is 16.4. The van der Waals surface area contributed by atoms with Gasteiger partial charge in [-0.3, -0.25) is 4.79 Å². The smallest absolute Gasteiger partial charge is 0.320 e. The van der Waals surface area contributed by atoms with Crippen LogP contribution in [0.1, 0.15) is 32.6 Å². The molecule has 0 aromatic rings. The molecular weight excluding hydrogens is 204 g/mol. The maximum Gasteiger partial charge on any atom is 0.320 e. The highest BCUT2D eigenvalue weighted by Crippen LogP contribution is 2.27. The Hall–Kier alpha value is -0.610. The number of carbonyl (C=O) groups is 1. The molecule has 1 unspecified atom stereocenters. The van der Waals surface area contributed by atoms with E-state index < -0.39 is 12.0 Å². The average molecular weight is 228 g/mol. The third-order valence-corrected chi connectivity index (χ3v) is 3.57. The molecule has 1 atom stereocenters. The molecule has 1 aliphatic rings. The van der Waals surface area contributed by atoms with Crippen LogP contribution < -0.4 is 5.32 Å². The SMILES string of the molecule is CCN(CCC(NC)C(=O)O)CC1CCC1. The van der Waals surface area contributed by atoms with Crippen LogP contribution in [0.15, 0.2) is 0 Å². The highest BCUT2D eigenvalue weighted by molar-refractivity contribution is 5.73. The number of carboxylic acid groups (broad SMARTS) is 1. The van der Waals surface area contributed by atoms with E-state index >= 15 is 0 Å². The van der Waals surface area contributed by atoms with Crippen LogP contribution in [0.3, 0.4) is 0 Å². The van der Waals surface area contributed by atoms with Crippen molar-refractivity contribution in [2.75, 3.05) is 26.7 Å². The van der Waals surface area contributed by atoms with Gasteiger partial charge in [-0.1, -0.05) is 13.3 Å². The fourth-order valence-electron chi connectivity index (χ4n) is 2.12. The first-order valence-electron chi connectivity index (χ1n) is 6.29. The van der Waals surface area contributed by atoms with Gasteiger partial charge in [-0.05, 0) is 38.8 Å². The second-order valence-electron chi connectivity index (χ2n) is 4.66. The predicted octanol–water partition coefficient (Wildman–Crippen LogP) is 1.17. The monoisotopic (exact) mass is 228 g/mol. The molecule has 16 heavy (non-hydrogen) atoms. The van der Waals surface area contributed by atoms with Crippen LogP contribution in [0.2, 0.25) is 0 Å². The average Bonchev–Trinajstić information content (AvgIpc) is 2.20. The Labute approximate surface area is 98.0 Å². The molecule has 0 aromatic heterocycles. The number of hydrogen-bond donors (Lipinski definition) is 2. The number of hydrogen-bond acceptors (Lipinski definition) is 3. The lowest BCUT2D eigenvalue weighted by atomic mass is 9.85. The van der Waals surface area contributed by atoms with Gasteiger partial charge in [0, 0.05) is 13.1 Å². The molecule has 0 amide bonds. The van der Waals surface area contributed by atoms with Gasteiger partial charge in [0.1, 0.15) is 6.04 Å². The minimum Gasteiger partial charge on any atom is -0.480 e. The van der Waals surface area contributed by atoms with E-state index in [-0.39, 0.29) is 0 Å². The Morgan fingerprint density at radius 2 is 2.25 bits per heavy atom. The Kier molecular flexibility index (Phi) is 5.77. The van der Waals surface area contributed by atoms with Crippen LogP contribution in [0, 0.1) is 5.92 Å². The van der Waals surface area contributed by atoms with Gasteiger partial charge in [0.15, 0.2) is 0 Å². The summed E-state index contributed by atoms with van der Waals surface area (Å²) >= 11 is 0. The van der Waals surface area contributed by atoms with Gasteiger partial charge in [-0.15, -0.1) is 0 Å². The molecule has 0 bridgehead atoms. The van der Waals surface area contributed by atoms with E-state index in [0.29, 0.717) is 6.42 Å². The molecule has 1 aliphatic carbocycles. The maximum atomic E-state index is 10.8. The van der Waals surface area contributed by atoms with Gasteiger partial charge in [0.25, 0.3) is 0 Å². The second-order valence-corrected chi connectivity index (χ2v) is 4.66. The third-order valence-electron chi connectivity index (χ3n) is 3.57. The van der Waals surface area contributed by atoms with Crippen LogP contribution in [-0.4, -0.2) is 48.7 Å². The van der Waals surface area contributed by atoms with E-state index in [1.54, 1.807) is 7.05 Å². The number of likely N-dealkylation sites (N-methyl/N-ethyl adjacent to an activating group) is 1. The van der Waals surface area contributed by atoms with Crippen LogP contribution in [-0.2, 0) is 4.79 Å². The fourth-order valence-corrected chi connectivity index (χ4v) is 2.12. The van der Waals surface area contributed by atoms with E-state index in [1.165, 1.54) is 19.3 Å². The normalized spacial score (nSPS) is 18.4. The molecule has 0 aliphatic heterocycles. The number of rotatable bonds is 8. The van der Waals surface area contributed by atoms with Crippen molar-refractivity contribution in [2.24, 2.45) is 5.92 Å². The molecule has 0 spiro atoms. The quantitative estimate of drug-likeness (QED) is 0.655. The van der Waals surface area contributed by atoms with E-state index in [0.717, 1.165) is 25.6 Å². The summed E-state index contributed by atoms with van der Waals surface area (Å²) in [6.45, 7) is 5.19. The van der Waals surface area contributed by atoms with E-state index in [4.69, 9.17) is 5.11 Å². The third kappa shape index (κ3) is 4.10. The van der Waals surface area contributed by atoms with Crippen molar-refractivity contribution in [1.82, 2.24) is 10.2 Å². The Balaban J connectivity index is 2.23. The molecule has 0 radical (unpaired) electrons. The molecular formula is C12H24N2O2. The van der Waals surface area contributed by atoms with Crippen LogP contribution >= 0.6 is 0 Å². The van der Waals surface area contributed by atoms with Crippen molar-refractivity contribution < 1.29 is 9.90 Å². The largest absolute Gasteiger partial charge is 0.480 e. The number of nitrogens with zero attached hydrogens (tertiary/aromatic N) is 1. The first kappa shape index (κ1) is 13.5. The summed E-state index contributed by atoms with van der Waals surface area (Å²) < 4.78 is 0.